The molecule has 1 aromatic heterocycles. The molecule has 1 N–H and O–H groups in total. The molecule has 0 unspecified atom stereocenters. The second-order valence-corrected chi connectivity index (χ2v) is 6.60. The molecular weight excluding hydrogens is 342 g/mol. The molecule has 0 fully saturated rings. The number of rotatable bonds is 3. The minimum Gasteiger partial charge on any atom is -0.504 e. The van der Waals surface area contributed by atoms with Gasteiger partial charge in [-0.15, -0.1) is 0 Å². The Labute approximate surface area is 155 Å². The van der Waals surface area contributed by atoms with Crippen LogP contribution in [0.5, 0.6) is 23.0 Å². The number of hydrogen-bond acceptors (Lipinski definition) is 4. The smallest absolute Gasteiger partial charge is 0.231 e. The van der Waals surface area contributed by atoms with E-state index in [-0.39, 0.29) is 12.5 Å². The zero-order valence-corrected chi connectivity index (χ0v) is 14.9. The van der Waals surface area contributed by atoms with Gasteiger partial charge in [-0.25, -0.2) is 0 Å². The van der Waals surface area contributed by atoms with Crippen LogP contribution in [0.2, 0.25) is 0 Å². The normalized spacial score (nSPS) is 12.8. The molecule has 0 saturated carbocycles. The molecule has 0 saturated heterocycles. The summed E-state index contributed by atoms with van der Waals surface area (Å²) in [7, 11) is 1.97. The summed E-state index contributed by atoms with van der Waals surface area (Å²) in [5.74, 6) is 2.11. The Hall–Kier alpha value is -3.47. The van der Waals surface area contributed by atoms with Crippen molar-refractivity contribution in [3.05, 3.63) is 55.3 Å². The molecule has 2 heterocycles. The number of nitrogens with zero attached hydrogens (tertiary/aromatic N) is 1. The Morgan fingerprint density at radius 3 is 2.67 bits per heavy atom. The molecule has 1 aliphatic heterocycles. The minimum absolute atomic E-state index is 0.137. The molecule has 27 heavy (non-hydrogen) atoms. The van der Waals surface area contributed by atoms with Gasteiger partial charge in [-0.05, 0) is 35.7 Å². The van der Waals surface area contributed by atoms with Gasteiger partial charge in [0.1, 0.15) is 13.7 Å². The molecule has 5 nitrogen and oxygen atoms in total. The van der Waals surface area contributed by atoms with Crippen molar-refractivity contribution in [1.82, 2.24) is 0 Å². The molecule has 0 atom stereocenters. The van der Waals surface area contributed by atoms with Gasteiger partial charge in [0.2, 0.25) is 12.3 Å². The van der Waals surface area contributed by atoms with Crippen molar-refractivity contribution in [2.24, 2.45) is 7.05 Å². The SMILES string of the molecule is C=CCOc1ccc2c(c[n+](C)c3c4cc5c(cc4ccc23)OCO5)c1O. The van der Waals surface area contributed by atoms with Crippen LogP contribution in [0.25, 0.3) is 32.4 Å². The molecule has 0 bridgehead atoms. The highest BCUT2D eigenvalue weighted by Gasteiger charge is 2.21. The van der Waals surface area contributed by atoms with Crippen LogP contribution in [-0.2, 0) is 7.05 Å². The molecule has 0 aliphatic carbocycles. The van der Waals surface area contributed by atoms with Crippen molar-refractivity contribution in [3.8, 4) is 23.0 Å². The van der Waals surface area contributed by atoms with Gasteiger partial charge in [0.25, 0.3) is 0 Å². The molecule has 0 radical (unpaired) electrons. The first-order chi connectivity index (χ1) is 13.2. The first kappa shape index (κ1) is 15.8. The summed E-state index contributed by atoms with van der Waals surface area (Å²) in [5.41, 5.74) is 1.07. The Bertz CT molecular complexity index is 1250. The third-order valence-corrected chi connectivity index (χ3v) is 4.99. The van der Waals surface area contributed by atoms with Crippen LogP contribution in [-0.4, -0.2) is 18.5 Å². The quantitative estimate of drug-likeness (QED) is 0.341. The van der Waals surface area contributed by atoms with Gasteiger partial charge in [0.15, 0.2) is 29.2 Å². The fourth-order valence-electron chi connectivity index (χ4n) is 3.77. The maximum Gasteiger partial charge on any atom is 0.231 e. The van der Waals surface area contributed by atoms with Crippen LogP contribution in [0.1, 0.15) is 0 Å². The molecule has 134 valence electrons. The van der Waals surface area contributed by atoms with Crippen LogP contribution in [0.15, 0.2) is 55.3 Å². The summed E-state index contributed by atoms with van der Waals surface area (Å²) < 4.78 is 18.6. The van der Waals surface area contributed by atoms with Gasteiger partial charge in [-0.2, -0.15) is 4.57 Å². The van der Waals surface area contributed by atoms with Gasteiger partial charge < -0.3 is 19.3 Å². The van der Waals surface area contributed by atoms with Gasteiger partial charge in [0.05, 0.1) is 16.2 Å². The third kappa shape index (κ3) is 2.28. The van der Waals surface area contributed by atoms with Gasteiger partial charge in [-0.1, -0.05) is 18.7 Å². The lowest BCUT2D eigenvalue weighted by molar-refractivity contribution is -0.642. The number of phenols is 1. The van der Waals surface area contributed by atoms with Gasteiger partial charge in [0, 0.05) is 5.39 Å². The fraction of sp³-hybridized carbons (Fsp3) is 0.136. The van der Waals surface area contributed by atoms with Gasteiger partial charge in [-0.3, -0.25) is 0 Å². The summed E-state index contributed by atoms with van der Waals surface area (Å²) in [4.78, 5) is 0. The standard InChI is InChI=1S/C22H17NO4/c1-3-8-25-18-7-6-14-15-5-4-13-9-19-20(27-12-26-19)10-16(13)21(15)23(2)11-17(14)22(18)24/h3-7,9-11H,1,8,12H2,2H3/p+1. The van der Waals surface area contributed by atoms with E-state index in [1.165, 1.54) is 0 Å². The molecule has 0 amide bonds. The summed E-state index contributed by atoms with van der Waals surface area (Å²) in [6.45, 7) is 4.24. The number of aromatic nitrogens is 1. The molecule has 3 aromatic carbocycles. The highest BCUT2D eigenvalue weighted by atomic mass is 16.7. The number of hydrogen-bond donors (Lipinski definition) is 1. The highest BCUT2D eigenvalue weighted by Crippen LogP contribution is 2.41. The van der Waals surface area contributed by atoms with E-state index in [0.29, 0.717) is 12.4 Å². The van der Waals surface area contributed by atoms with E-state index in [1.54, 1.807) is 12.1 Å². The fourth-order valence-corrected chi connectivity index (χ4v) is 3.77. The monoisotopic (exact) mass is 360 g/mol. The van der Waals surface area contributed by atoms with Crippen LogP contribution in [0, 0.1) is 0 Å². The summed E-state index contributed by atoms with van der Waals surface area (Å²) in [6.07, 6.45) is 3.58. The number of pyridine rings is 1. The number of ether oxygens (including phenoxy) is 3. The summed E-state index contributed by atoms with van der Waals surface area (Å²) in [5, 5.41) is 15.6. The number of phenolic OH excluding ortho intramolecular Hbond substituents is 1. The largest absolute Gasteiger partial charge is 0.504 e. The van der Waals surface area contributed by atoms with E-state index in [2.05, 4.69) is 18.7 Å². The Morgan fingerprint density at radius 2 is 1.85 bits per heavy atom. The van der Waals surface area contributed by atoms with Crippen LogP contribution in [0.4, 0.5) is 0 Å². The van der Waals surface area contributed by atoms with E-state index in [4.69, 9.17) is 14.2 Å². The lowest BCUT2D eigenvalue weighted by Gasteiger charge is -2.11. The zero-order chi connectivity index (χ0) is 18.5. The second-order valence-electron chi connectivity index (χ2n) is 6.60. The van der Waals surface area contributed by atoms with E-state index < -0.39 is 0 Å². The van der Waals surface area contributed by atoms with Crippen molar-refractivity contribution in [2.75, 3.05) is 13.4 Å². The van der Waals surface area contributed by atoms with Crippen LogP contribution < -0.4 is 18.8 Å². The van der Waals surface area contributed by atoms with E-state index in [1.807, 2.05) is 36.0 Å². The van der Waals surface area contributed by atoms with Gasteiger partial charge >= 0.3 is 0 Å². The van der Waals surface area contributed by atoms with E-state index in [9.17, 15) is 5.11 Å². The minimum atomic E-state index is 0.137. The molecule has 5 heteroatoms. The predicted octanol–water partition coefficient (Wildman–Crippen LogP) is 3.97. The lowest BCUT2D eigenvalue weighted by atomic mass is 10.00. The first-order valence-electron chi connectivity index (χ1n) is 8.71. The Kier molecular flexibility index (Phi) is 3.37. The summed E-state index contributed by atoms with van der Waals surface area (Å²) in [6, 6.07) is 11.9. The molecule has 4 aromatic rings. The molecule has 1 aliphatic rings. The maximum absolute atomic E-state index is 10.7. The molecular formula is C22H18NO4+. The Morgan fingerprint density at radius 1 is 1.07 bits per heavy atom. The lowest BCUT2D eigenvalue weighted by Crippen LogP contribution is -2.28. The molecule has 0 spiro atoms. The van der Waals surface area contributed by atoms with Crippen LogP contribution >= 0.6 is 0 Å². The predicted molar refractivity (Wildman–Crippen MR) is 104 cm³/mol. The van der Waals surface area contributed by atoms with E-state index in [0.717, 1.165) is 43.9 Å². The Balaban J connectivity index is 1.84. The number of benzene rings is 3. The van der Waals surface area contributed by atoms with Crippen molar-refractivity contribution in [2.45, 2.75) is 0 Å². The third-order valence-electron chi connectivity index (χ3n) is 4.99. The summed E-state index contributed by atoms with van der Waals surface area (Å²) >= 11 is 0. The zero-order valence-electron chi connectivity index (χ0n) is 14.9. The number of fused-ring (bicyclic) bond motifs is 6. The van der Waals surface area contributed by atoms with E-state index >= 15 is 0 Å². The van der Waals surface area contributed by atoms with Crippen molar-refractivity contribution in [3.63, 3.8) is 0 Å². The number of aromatic hydroxyl groups is 1. The molecule has 5 rings (SSSR count). The van der Waals surface area contributed by atoms with Crippen molar-refractivity contribution in [1.29, 1.82) is 0 Å². The first-order valence-corrected chi connectivity index (χ1v) is 8.71. The number of aryl methyl sites for hydroxylation is 1. The van der Waals surface area contributed by atoms with Crippen molar-refractivity contribution < 1.29 is 23.9 Å². The average molecular weight is 360 g/mol. The average Bonchev–Trinajstić information content (AvgIpc) is 3.13. The van der Waals surface area contributed by atoms with Crippen LogP contribution in [0.3, 0.4) is 0 Å². The topological polar surface area (TPSA) is 51.8 Å². The highest BCUT2D eigenvalue weighted by molar-refractivity contribution is 6.15. The maximum atomic E-state index is 10.7. The van der Waals surface area contributed by atoms with Crippen molar-refractivity contribution >= 4 is 32.4 Å². The second kappa shape index (κ2) is 5.77.